The van der Waals surface area contributed by atoms with E-state index in [9.17, 15) is 4.79 Å². The Morgan fingerprint density at radius 1 is 1.38 bits per heavy atom. The summed E-state index contributed by atoms with van der Waals surface area (Å²) in [5, 5.41) is 2.96. The van der Waals surface area contributed by atoms with Crippen molar-refractivity contribution >= 4 is 6.03 Å². The van der Waals surface area contributed by atoms with Crippen LogP contribution in [0.15, 0.2) is 24.4 Å². The fourth-order valence-corrected chi connectivity index (χ4v) is 2.39. The van der Waals surface area contributed by atoms with E-state index in [-0.39, 0.29) is 12.1 Å². The summed E-state index contributed by atoms with van der Waals surface area (Å²) in [4.78, 5) is 21.3. The van der Waals surface area contributed by atoms with Crippen molar-refractivity contribution in [1.82, 2.24) is 20.2 Å². The lowest BCUT2D eigenvalue weighted by Gasteiger charge is -2.22. The second-order valence-corrected chi connectivity index (χ2v) is 5.65. The van der Waals surface area contributed by atoms with Crippen molar-refractivity contribution in [3.63, 3.8) is 0 Å². The summed E-state index contributed by atoms with van der Waals surface area (Å²) in [7, 11) is 4.93. The first-order valence-corrected chi connectivity index (χ1v) is 7.68. The molecule has 0 spiro atoms. The second kappa shape index (κ2) is 7.72. The van der Waals surface area contributed by atoms with Crippen molar-refractivity contribution in [2.45, 2.75) is 26.4 Å². The number of imidazole rings is 1. The van der Waals surface area contributed by atoms with Crippen molar-refractivity contribution in [1.29, 1.82) is 0 Å². The zero-order valence-electron chi connectivity index (χ0n) is 14.7. The third kappa shape index (κ3) is 4.18. The molecule has 0 bridgehead atoms. The Bertz CT molecular complexity index is 699. The summed E-state index contributed by atoms with van der Waals surface area (Å²) in [6.45, 7) is 4.23. The largest absolute Gasteiger partial charge is 0.497 e. The third-order valence-corrected chi connectivity index (χ3v) is 3.73. The Kier molecular flexibility index (Phi) is 5.68. The number of aromatic nitrogens is 2. The molecule has 0 aliphatic rings. The monoisotopic (exact) mass is 332 g/mol. The number of aryl methyl sites for hydroxylation is 1. The van der Waals surface area contributed by atoms with E-state index in [1.807, 2.05) is 32.0 Å². The smallest absolute Gasteiger partial charge is 0.318 e. The lowest BCUT2D eigenvalue weighted by molar-refractivity contribution is 0.202. The van der Waals surface area contributed by atoms with E-state index < -0.39 is 0 Å². The molecule has 1 heterocycles. The van der Waals surface area contributed by atoms with E-state index in [4.69, 9.17) is 9.47 Å². The van der Waals surface area contributed by atoms with Crippen molar-refractivity contribution in [3.05, 3.63) is 41.5 Å². The van der Waals surface area contributed by atoms with E-state index in [2.05, 4.69) is 15.3 Å². The summed E-state index contributed by atoms with van der Waals surface area (Å²) < 4.78 is 10.6. The van der Waals surface area contributed by atoms with E-state index in [1.54, 1.807) is 32.4 Å². The Balaban J connectivity index is 2.05. The molecule has 0 radical (unpaired) electrons. The Labute approximate surface area is 142 Å². The van der Waals surface area contributed by atoms with Gasteiger partial charge in [0, 0.05) is 24.5 Å². The molecule has 2 aromatic rings. The van der Waals surface area contributed by atoms with Gasteiger partial charge in [0.15, 0.2) is 0 Å². The number of H-pyrrole nitrogens is 1. The number of carbonyl (C=O) groups excluding carboxylic acids is 1. The van der Waals surface area contributed by atoms with Gasteiger partial charge in [-0.1, -0.05) is 0 Å². The SMILES string of the molecule is COc1ccc(OC)c([C@@H](C)NC(=O)N(C)Cc2ncc(C)[nH]2)c1. The fraction of sp³-hybridized carbons (Fsp3) is 0.412. The fourth-order valence-electron chi connectivity index (χ4n) is 2.39. The first-order chi connectivity index (χ1) is 11.4. The molecule has 2 rings (SSSR count). The normalized spacial score (nSPS) is 11.7. The van der Waals surface area contributed by atoms with Crippen molar-refractivity contribution in [2.75, 3.05) is 21.3 Å². The topological polar surface area (TPSA) is 79.5 Å². The maximum atomic E-state index is 12.4. The quantitative estimate of drug-likeness (QED) is 0.852. The van der Waals surface area contributed by atoms with Gasteiger partial charge < -0.3 is 24.7 Å². The molecule has 7 heteroatoms. The van der Waals surface area contributed by atoms with Crippen LogP contribution in [0.25, 0.3) is 0 Å². The average molecular weight is 332 g/mol. The molecular formula is C17H24N4O3. The molecule has 130 valence electrons. The van der Waals surface area contributed by atoms with Gasteiger partial charge in [-0.2, -0.15) is 0 Å². The van der Waals surface area contributed by atoms with Gasteiger partial charge in [-0.3, -0.25) is 0 Å². The zero-order valence-corrected chi connectivity index (χ0v) is 14.7. The number of rotatable bonds is 6. The highest BCUT2D eigenvalue weighted by atomic mass is 16.5. The summed E-state index contributed by atoms with van der Waals surface area (Å²) in [6, 6.07) is 5.08. The first kappa shape index (κ1) is 17.7. The number of ether oxygens (including phenoxy) is 2. The minimum Gasteiger partial charge on any atom is -0.497 e. The van der Waals surface area contributed by atoms with Crippen LogP contribution < -0.4 is 14.8 Å². The molecule has 0 saturated carbocycles. The molecule has 7 nitrogen and oxygen atoms in total. The molecule has 1 aromatic heterocycles. The number of hydrogen-bond acceptors (Lipinski definition) is 4. The number of hydrogen-bond donors (Lipinski definition) is 2. The Morgan fingerprint density at radius 2 is 2.12 bits per heavy atom. The van der Waals surface area contributed by atoms with Crippen molar-refractivity contribution in [2.24, 2.45) is 0 Å². The standard InChI is InChI=1S/C17H24N4O3/c1-11-9-18-16(19-11)10-21(3)17(22)20-12(2)14-8-13(23-4)6-7-15(14)24-5/h6-9,12H,10H2,1-5H3,(H,18,19)(H,20,22)/t12-/m1/s1. The van der Waals surface area contributed by atoms with Crippen LogP contribution in [0.3, 0.4) is 0 Å². The van der Waals surface area contributed by atoms with Crippen molar-refractivity contribution < 1.29 is 14.3 Å². The van der Waals surface area contributed by atoms with Gasteiger partial charge >= 0.3 is 6.03 Å². The number of urea groups is 1. The van der Waals surface area contributed by atoms with Gasteiger partial charge in [-0.05, 0) is 32.0 Å². The highest BCUT2D eigenvalue weighted by Crippen LogP contribution is 2.29. The molecule has 0 fully saturated rings. The molecule has 2 amide bonds. The number of nitrogens with one attached hydrogen (secondary N) is 2. The van der Waals surface area contributed by atoms with Gasteiger partial charge in [-0.15, -0.1) is 0 Å². The van der Waals surface area contributed by atoms with E-state index in [0.717, 1.165) is 17.1 Å². The molecule has 2 N–H and O–H groups in total. The molecule has 1 aromatic carbocycles. The molecule has 0 unspecified atom stereocenters. The van der Waals surface area contributed by atoms with Crippen molar-refractivity contribution in [3.8, 4) is 11.5 Å². The molecule has 24 heavy (non-hydrogen) atoms. The average Bonchev–Trinajstić information content (AvgIpc) is 2.98. The number of amides is 2. The molecule has 0 aliphatic carbocycles. The van der Waals surface area contributed by atoms with Gasteiger partial charge in [0.25, 0.3) is 0 Å². The van der Waals surface area contributed by atoms with Crippen LogP contribution in [0.1, 0.15) is 30.0 Å². The van der Waals surface area contributed by atoms with Gasteiger partial charge in [0.05, 0.1) is 26.8 Å². The van der Waals surface area contributed by atoms with E-state index in [0.29, 0.717) is 18.0 Å². The van der Waals surface area contributed by atoms with E-state index in [1.165, 1.54) is 0 Å². The van der Waals surface area contributed by atoms with Crippen LogP contribution in [0, 0.1) is 6.92 Å². The zero-order chi connectivity index (χ0) is 17.7. The van der Waals surface area contributed by atoms with Crippen LogP contribution in [0.2, 0.25) is 0 Å². The Hall–Kier alpha value is -2.70. The summed E-state index contributed by atoms with van der Waals surface area (Å²) >= 11 is 0. The first-order valence-electron chi connectivity index (χ1n) is 7.68. The maximum absolute atomic E-state index is 12.4. The summed E-state index contributed by atoms with van der Waals surface area (Å²) in [5.41, 5.74) is 1.82. The number of nitrogens with zero attached hydrogens (tertiary/aromatic N) is 2. The Morgan fingerprint density at radius 3 is 2.71 bits per heavy atom. The highest BCUT2D eigenvalue weighted by Gasteiger charge is 2.18. The molecular weight excluding hydrogens is 308 g/mol. The number of methoxy groups -OCH3 is 2. The highest BCUT2D eigenvalue weighted by molar-refractivity contribution is 5.74. The van der Waals surface area contributed by atoms with Crippen LogP contribution in [0.5, 0.6) is 11.5 Å². The van der Waals surface area contributed by atoms with Crippen LogP contribution in [0.4, 0.5) is 4.79 Å². The lowest BCUT2D eigenvalue weighted by Crippen LogP contribution is -2.38. The van der Waals surface area contributed by atoms with Gasteiger partial charge in [-0.25, -0.2) is 9.78 Å². The van der Waals surface area contributed by atoms with E-state index >= 15 is 0 Å². The minimum atomic E-state index is -0.233. The summed E-state index contributed by atoms with van der Waals surface area (Å²) in [6.07, 6.45) is 1.74. The minimum absolute atomic E-state index is 0.193. The third-order valence-electron chi connectivity index (χ3n) is 3.73. The lowest BCUT2D eigenvalue weighted by atomic mass is 10.1. The number of benzene rings is 1. The number of aromatic amines is 1. The van der Waals surface area contributed by atoms with Gasteiger partial charge in [0.2, 0.25) is 0 Å². The van der Waals surface area contributed by atoms with Crippen LogP contribution in [-0.2, 0) is 6.54 Å². The molecule has 0 aliphatic heterocycles. The predicted octanol–water partition coefficient (Wildman–Crippen LogP) is 2.64. The van der Waals surface area contributed by atoms with Crippen LogP contribution in [-0.4, -0.2) is 42.2 Å². The molecule has 0 saturated heterocycles. The second-order valence-electron chi connectivity index (χ2n) is 5.65. The summed E-state index contributed by atoms with van der Waals surface area (Å²) in [5.74, 6) is 2.16. The predicted molar refractivity (Wildman–Crippen MR) is 91.3 cm³/mol. The van der Waals surface area contributed by atoms with Crippen LogP contribution >= 0.6 is 0 Å². The van der Waals surface area contributed by atoms with Gasteiger partial charge in [0.1, 0.15) is 17.3 Å². The number of carbonyl (C=O) groups is 1. The maximum Gasteiger partial charge on any atom is 0.318 e. The molecule has 1 atom stereocenters.